The van der Waals surface area contributed by atoms with Gasteiger partial charge in [-0.1, -0.05) is 38.8 Å². The fourth-order valence-corrected chi connectivity index (χ4v) is 3.29. The second-order valence-electron chi connectivity index (χ2n) is 5.52. The molecule has 74 valence electrons. The second kappa shape index (κ2) is 2.60. The van der Waals surface area contributed by atoms with Crippen LogP contribution < -0.4 is 0 Å². The Bertz CT molecular complexity index is 252. The predicted octanol–water partition coefficient (Wildman–Crippen LogP) is 2.89. The van der Waals surface area contributed by atoms with Crippen LogP contribution in [0.15, 0.2) is 11.6 Å². The van der Waals surface area contributed by atoms with E-state index >= 15 is 0 Å². The van der Waals surface area contributed by atoms with E-state index in [2.05, 4.69) is 26.8 Å². The average Bonchev–Trinajstić information content (AvgIpc) is 2.29. The third-order valence-electron chi connectivity index (χ3n) is 4.12. The quantitative estimate of drug-likeness (QED) is 0.568. The Morgan fingerprint density at radius 1 is 1.31 bits per heavy atom. The third-order valence-corrected chi connectivity index (χ3v) is 4.12. The van der Waals surface area contributed by atoms with Crippen molar-refractivity contribution in [1.29, 1.82) is 0 Å². The SMILES string of the molecule is CC1(C)CCCC2(C)C1=CCC2O. The van der Waals surface area contributed by atoms with Gasteiger partial charge in [0.05, 0.1) is 6.10 Å². The molecule has 2 rings (SSSR count). The van der Waals surface area contributed by atoms with E-state index in [4.69, 9.17) is 0 Å². The van der Waals surface area contributed by atoms with Gasteiger partial charge in [-0.15, -0.1) is 0 Å². The van der Waals surface area contributed by atoms with Gasteiger partial charge >= 0.3 is 0 Å². The predicted molar refractivity (Wildman–Crippen MR) is 54.4 cm³/mol. The van der Waals surface area contributed by atoms with E-state index in [9.17, 15) is 5.11 Å². The fraction of sp³-hybridized carbons (Fsp3) is 0.833. The molecule has 2 unspecified atom stereocenters. The molecule has 0 aromatic rings. The minimum Gasteiger partial charge on any atom is -0.392 e. The topological polar surface area (TPSA) is 20.2 Å². The van der Waals surface area contributed by atoms with Crippen molar-refractivity contribution >= 4 is 0 Å². The largest absolute Gasteiger partial charge is 0.392 e. The maximum Gasteiger partial charge on any atom is 0.0665 e. The van der Waals surface area contributed by atoms with Crippen LogP contribution in [0.2, 0.25) is 0 Å². The van der Waals surface area contributed by atoms with Crippen molar-refractivity contribution in [3.63, 3.8) is 0 Å². The highest BCUT2D eigenvalue weighted by molar-refractivity contribution is 5.30. The first-order chi connectivity index (χ1) is 5.97. The Hall–Kier alpha value is -0.300. The molecular formula is C12H20O. The summed E-state index contributed by atoms with van der Waals surface area (Å²) in [5.74, 6) is 0. The van der Waals surface area contributed by atoms with Crippen molar-refractivity contribution in [3.8, 4) is 0 Å². The molecule has 0 bridgehead atoms. The lowest BCUT2D eigenvalue weighted by molar-refractivity contribution is 0.0425. The summed E-state index contributed by atoms with van der Waals surface area (Å²) >= 11 is 0. The number of hydrogen-bond acceptors (Lipinski definition) is 1. The molecule has 0 aromatic heterocycles. The molecule has 1 heteroatoms. The Morgan fingerprint density at radius 3 is 2.62 bits per heavy atom. The standard InChI is InChI=1S/C12H20O/c1-11(2)7-4-8-12(3)9(11)5-6-10(12)13/h5,10,13H,4,6-8H2,1-3H3. The van der Waals surface area contributed by atoms with Gasteiger partial charge in [-0.25, -0.2) is 0 Å². The molecule has 2 atom stereocenters. The summed E-state index contributed by atoms with van der Waals surface area (Å²) < 4.78 is 0. The number of fused-ring (bicyclic) bond motifs is 1. The first kappa shape index (κ1) is 9.26. The highest BCUT2D eigenvalue weighted by Crippen LogP contribution is 2.55. The van der Waals surface area contributed by atoms with Crippen LogP contribution in [0.4, 0.5) is 0 Å². The monoisotopic (exact) mass is 180 g/mol. The molecule has 13 heavy (non-hydrogen) atoms. The normalized spacial score (nSPS) is 42.8. The van der Waals surface area contributed by atoms with Crippen molar-refractivity contribution in [2.24, 2.45) is 10.8 Å². The van der Waals surface area contributed by atoms with E-state index in [1.165, 1.54) is 24.8 Å². The Morgan fingerprint density at radius 2 is 2.00 bits per heavy atom. The molecule has 0 aliphatic heterocycles. The molecule has 1 N–H and O–H groups in total. The van der Waals surface area contributed by atoms with Crippen LogP contribution in [0, 0.1) is 10.8 Å². The van der Waals surface area contributed by atoms with E-state index in [-0.39, 0.29) is 11.5 Å². The zero-order chi connectivity index (χ0) is 9.69. The van der Waals surface area contributed by atoms with E-state index < -0.39 is 0 Å². The van der Waals surface area contributed by atoms with Crippen LogP contribution in [0.1, 0.15) is 46.5 Å². The smallest absolute Gasteiger partial charge is 0.0665 e. The van der Waals surface area contributed by atoms with Crippen molar-refractivity contribution in [1.82, 2.24) is 0 Å². The molecule has 2 aliphatic carbocycles. The molecule has 2 aliphatic rings. The minimum atomic E-state index is -0.123. The first-order valence-corrected chi connectivity index (χ1v) is 5.36. The van der Waals surface area contributed by atoms with Crippen molar-refractivity contribution in [2.45, 2.75) is 52.6 Å². The number of aliphatic hydroxyl groups excluding tert-OH is 1. The Labute approximate surface area is 80.8 Å². The maximum atomic E-state index is 9.96. The van der Waals surface area contributed by atoms with Gasteiger partial charge in [0.25, 0.3) is 0 Å². The van der Waals surface area contributed by atoms with E-state index in [0.717, 1.165) is 6.42 Å². The average molecular weight is 180 g/mol. The summed E-state index contributed by atoms with van der Waals surface area (Å²) in [5.41, 5.74) is 1.94. The van der Waals surface area contributed by atoms with Gasteiger partial charge in [0, 0.05) is 5.41 Å². The summed E-state index contributed by atoms with van der Waals surface area (Å²) in [4.78, 5) is 0. The molecule has 0 aromatic carbocycles. The van der Waals surface area contributed by atoms with E-state index in [1.54, 1.807) is 0 Å². The Balaban J connectivity index is 2.37. The first-order valence-electron chi connectivity index (χ1n) is 5.36. The molecule has 1 saturated carbocycles. The lowest BCUT2D eigenvalue weighted by Crippen LogP contribution is -2.38. The molecule has 0 spiro atoms. The highest BCUT2D eigenvalue weighted by atomic mass is 16.3. The fourth-order valence-electron chi connectivity index (χ4n) is 3.29. The van der Waals surface area contributed by atoms with Crippen LogP contribution in [0.3, 0.4) is 0 Å². The van der Waals surface area contributed by atoms with Crippen LogP contribution in [0.25, 0.3) is 0 Å². The lowest BCUT2D eigenvalue weighted by atomic mass is 9.61. The lowest BCUT2D eigenvalue weighted by Gasteiger charge is -2.45. The highest BCUT2D eigenvalue weighted by Gasteiger charge is 2.48. The van der Waals surface area contributed by atoms with Crippen LogP contribution in [-0.4, -0.2) is 11.2 Å². The van der Waals surface area contributed by atoms with Gasteiger partial charge in [-0.05, 0) is 24.7 Å². The van der Waals surface area contributed by atoms with Crippen LogP contribution >= 0.6 is 0 Å². The maximum absolute atomic E-state index is 9.96. The van der Waals surface area contributed by atoms with Gasteiger partial charge in [-0.2, -0.15) is 0 Å². The number of aliphatic hydroxyl groups is 1. The summed E-state index contributed by atoms with van der Waals surface area (Å²) in [6.07, 6.45) is 6.74. The second-order valence-corrected chi connectivity index (χ2v) is 5.52. The summed E-state index contributed by atoms with van der Waals surface area (Å²) in [5, 5.41) is 9.96. The Kier molecular flexibility index (Phi) is 1.85. The molecule has 0 saturated heterocycles. The van der Waals surface area contributed by atoms with Crippen molar-refractivity contribution in [2.75, 3.05) is 0 Å². The summed E-state index contributed by atoms with van der Waals surface area (Å²) in [6.45, 7) is 6.86. The molecule has 0 heterocycles. The summed E-state index contributed by atoms with van der Waals surface area (Å²) in [6, 6.07) is 0. The third kappa shape index (κ3) is 1.17. The van der Waals surface area contributed by atoms with Gasteiger partial charge in [0.2, 0.25) is 0 Å². The zero-order valence-corrected chi connectivity index (χ0v) is 8.93. The molecule has 1 nitrogen and oxygen atoms in total. The van der Waals surface area contributed by atoms with Gasteiger partial charge in [0.15, 0.2) is 0 Å². The summed E-state index contributed by atoms with van der Waals surface area (Å²) in [7, 11) is 0. The van der Waals surface area contributed by atoms with Crippen LogP contribution in [-0.2, 0) is 0 Å². The van der Waals surface area contributed by atoms with Crippen molar-refractivity contribution < 1.29 is 5.11 Å². The zero-order valence-electron chi connectivity index (χ0n) is 8.93. The van der Waals surface area contributed by atoms with Crippen LogP contribution in [0.5, 0.6) is 0 Å². The number of hydrogen-bond donors (Lipinski definition) is 1. The minimum absolute atomic E-state index is 0.0990. The molecule has 0 radical (unpaired) electrons. The van der Waals surface area contributed by atoms with E-state index in [1.807, 2.05) is 0 Å². The van der Waals surface area contributed by atoms with E-state index in [0.29, 0.717) is 5.41 Å². The van der Waals surface area contributed by atoms with Gasteiger partial charge in [-0.3, -0.25) is 0 Å². The molecule has 0 amide bonds. The van der Waals surface area contributed by atoms with Crippen molar-refractivity contribution in [3.05, 3.63) is 11.6 Å². The molecular weight excluding hydrogens is 160 g/mol. The van der Waals surface area contributed by atoms with Gasteiger partial charge < -0.3 is 5.11 Å². The molecule has 1 fully saturated rings. The van der Waals surface area contributed by atoms with Gasteiger partial charge in [0.1, 0.15) is 0 Å². The number of rotatable bonds is 0.